The first-order valence-corrected chi connectivity index (χ1v) is 3.73. The lowest BCUT2D eigenvalue weighted by molar-refractivity contribution is 1.27. The lowest BCUT2D eigenvalue weighted by Crippen LogP contribution is -1.96. The number of nitrogens with zero attached hydrogens (tertiary/aromatic N) is 1. The quantitative estimate of drug-likeness (QED) is 0.646. The Kier molecular flexibility index (Phi) is 2.41. The van der Waals surface area contributed by atoms with Gasteiger partial charge in [-0.05, 0) is 17.7 Å². The van der Waals surface area contributed by atoms with E-state index in [2.05, 4.69) is 0 Å². The molecule has 0 amide bonds. The molecule has 4 heteroatoms. The monoisotopic (exact) mass is 181 g/mol. The van der Waals surface area contributed by atoms with Crippen molar-refractivity contribution in [2.75, 3.05) is 11.5 Å². The summed E-state index contributed by atoms with van der Waals surface area (Å²) in [6.07, 6.45) is 0.257. The fourth-order valence-electron chi connectivity index (χ4n) is 0.891. The summed E-state index contributed by atoms with van der Waals surface area (Å²) in [6.45, 7) is 0. The van der Waals surface area contributed by atoms with Gasteiger partial charge >= 0.3 is 0 Å². The number of hydrogen-bond acceptors (Lipinski definition) is 3. The molecule has 1 aromatic carbocycles. The lowest BCUT2D eigenvalue weighted by Gasteiger charge is -2.04. The molecule has 0 spiro atoms. The first-order valence-electron chi connectivity index (χ1n) is 3.35. The van der Waals surface area contributed by atoms with Gasteiger partial charge in [-0.3, -0.25) is 0 Å². The van der Waals surface area contributed by atoms with Gasteiger partial charge in [0.1, 0.15) is 0 Å². The first kappa shape index (κ1) is 8.69. The van der Waals surface area contributed by atoms with Gasteiger partial charge in [0.2, 0.25) is 0 Å². The summed E-state index contributed by atoms with van der Waals surface area (Å²) in [5.74, 6) is 0. The zero-order valence-corrected chi connectivity index (χ0v) is 7.10. The fourth-order valence-corrected chi connectivity index (χ4v) is 1.06. The predicted molar refractivity (Wildman–Crippen MR) is 49.6 cm³/mol. The summed E-state index contributed by atoms with van der Waals surface area (Å²) in [4.78, 5) is 0. The van der Waals surface area contributed by atoms with Crippen LogP contribution in [0.5, 0.6) is 0 Å². The van der Waals surface area contributed by atoms with Crippen LogP contribution in [0.15, 0.2) is 12.1 Å². The molecular weight excluding hydrogens is 174 g/mol. The van der Waals surface area contributed by atoms with Crippen molar-refractivity contribution in [1.29, 1.82) is 5.26 Å². The third kappa shape index (κ3) is 1.60. The van der Waals surface area contributed by atoms with E-state index in [4.69, 9.17) is 28.3 Å². The minimum Gasteiger partial charge on any atom is -0.398 e. The van der Waals surface area contributed by atoms with Gasteiger partial charge in [-0.2, -0.15) is 5.26 Å². The normalized spacial score (nSPS) is 9.33. The number of nitrogen functional groups attached to an aromatic ring is 2. The SMILES string of the molecule is N#CCc1cc(N)c(Cl)cc1N. The Morgan fingerprint density at radius 3 is 2.58 bits per heavy atom. The summed E-state index contributed by atoms with van der Waals surface area (Å²) < 4.78 is 0. The highest BCUT2D eigenvalue weighted by molar-refractivity contribution is 6.33. The largest absolute Gasteiger partial charge is 0.398 e. The average molecular weight is 182 g/mol. The third-order valence-electron chi connectivity index (χ3n) is 1.53. The highest BCUT2D eigenvalue weighted by Gasteiger charge is 2.02. The number of anilines is 2. The van der Waals surface area contributed by atoms with E-state index in [0.29, 0.717) is 16.4 Å². The maximum absolute atomic E-state index is 8.42. The predicted octanol–water partition coefficient (Wildman–Crippen LogP) is 1.57. The van der Waals surface area contributed by atoms with Gasteiger partial charge in [-0.25, -0.2) is 0 Å². The molecule has 0 bridgehead atoms. The molecule has 4 N–H and O–H groups in total. The van der Waals surface area contributed by atoms with Gasteiger partial charge in [0.15, 0.2) is 0 Å². The van der Waals surface area contributed by atoms with Crippen LogP contribution in [0.25, 0.3) is 0 Å². The Morgan fingerprint density at radius 2 is 2.00 bits per heavy atom. The molecule has 0 aromatic heterocycles. The smallest absolute Gasteiger partial charge is 0.0670 e. The average Bonchev–Trinajstić information content (AvgIpc) is 2.01. The van der Waals surface area contributed by atoms with Gasteiger partial charge < -0.3 is 11.5 Å². The van der Waals surface area contributed by atoms with Crippen LogP contribution in [0.3, 0.4) is 0 Å². The summed E-state index contributed by atoms with van der Waals surface area (Å²) in [5, 5.41) is 8.85. The van der Waals surface area contributed by atoms with E-state index in [1.54, 1.807) is 12.1 Å². The van der Waals surface area contributed by atoms with E-state index in [1.807, 2.05) is 6.07 Å². The van der Waals surface area contributed by atoms with Crippen molar-refractivity contribution in [3.05, 3.63) is 22.7 Å². The van der Waals surface area contributed by atoms with Crippen LogP contribution >= 0.6 is 11.6 Å². The number of nitriles is 1. The number of nitrogens with two attached hydrogens (primary N) is 2. The molecule has 1 rings (SSSR count). The van der Waals surface area contributed by atoms with E-state index >= 15 is 0 Å². The molecule has 0 radical (unpaired) electrons. The highest BCUT2D eigenvalue weighted by atomic mass is 35.5. The van der Waals surface area contributed by atoms with Crippen LogP contribution in [0.1, 0.15) is 5.56 Å². The lowest BCUT2D eigenvalue weighted by atomic mass is 10.1. The zero-order valence-electron chi connectivity index (χ0n) is 6.34. The first-order chi connectivity index (χ1) is 5.65. The number of rotatable bonds is 1. The molecule has 0 atom stereocenters. The number of hydrogen-bond donors (Lipinski definition) is 2. The Labute approximate surface area is 75.5 Å². The van der Waals surface area contributed by atoms with E-state index in [1.165, 1.54) is 0 Å². The fraction of sp³-hybridized carbons (Fsp3) is 0.125. The van der Waals surface area contributed by atoms with Gasteiger partial charge in [0.25, 0.3) is 0 Å². The van der Waals surface area contributed by atoms with Crippen LogP contribution in [-0.4, -0.2) is 0 Å². The van der Waals surface area contributed by atoms with Crippen molar-refractivity contribution in [3.63, 3.8) is 0 Å². The van der Waals surface area contributed by atoms with Crippen LogP contribution in [0.2, 0.25) is 5.02 Å². The van der Waals surface area contributed by atoms with Crippen LogP contribution in [0, 0.1) is 11.3 Å². The van der Waals surface area contributed by atoms with Gasteiger partial charge in [0, 0.05) is 5.69 Å². The van der Waals surface area contributed by atoms with E-state index < -0.39 is 0 Å². The summed E-state index contributed by atoms with van der Waals surface area (Å²) in [6, 6.07) is 5.18. The second-order valence-electron chi connectivity index (χ2n) is 2.41. The minimum absolute atomic E-state index is 0.257. The Morgan fingerprint density at radius 1 is 1.33 bits per heavy atom. The topological polar surface area (TPSA) is 75.8 Å². The Bertz CT molecular complexity index is 341. The second kappa shape index (κ2) is 3.33. The number of halogens is 1. The van der Waals surface area contributed by atoms with Crippen LogP contribution in [-0.2, 0) is 6.42 Å². The molecule has 1 aromatic rings. The van der Waals surface area contributed by atoms with Crippen molar-refractivity contribution in [3.8, 4) is 6.07 Å². The second-order valence-corrected chi connectivity index (χ2v) is 2.81. The van der Waals surface area contributed by atoms with E-state index in [0.717, 1.165) is 5.56 Å². The van der Waals surface area contributed by atoms with Crippen molar-refractivity contribution >= 4 is 23.0 Å². The molecule has 0 unspecified atom stereocenters. The zero-order chi connectivity index (χ0) is 9.14. The molecular formula is C8H8ClN3. The summed E-state index contributed by atoms with van der Waals surface area (Å²) in [5.41, 5.74) is 12.8. The van der Waals surface area contributed by atoms with Gasteiger partial charge in [0.05, 0.1) is 23.2 Å². The molecule has 0 aliphatic carbocycles. The maximum atomic E-state index is 8.42. The van der Waals surface area contributed by atoms with Crippen molar-refractivity contribution < 1.29 is 0 Å². The van der Waals surface area contributed by atoms with Gasteiger partial charge in [-0.1, -0.05) is 11.6 Å². The molecule has 0 aliphatic rings. The molecule has 0 aliphatic heterocycles. The van der Waals surface area contributed by atoms with Gasteiger partial charge in [-0.15, -0.1) is 0 Å². The van der Waals surface area contributed by atoms with Crippen molar-refractivity contribution in [1.82, 2.24) is 0 Å². The van der Waals surface area contributed by atoms with E-state index in [-0.39, 0.29) is 6.42 Å². The standard InChI is InChI=1S/C8H8ClN3/c9-6-4-7(11)5(1-2-10)3-8(6)12/h3-4H,1,11-12H2. The molecule has 0 heterocycles. The third-order valence-corrected chi connectivity index (χ3v) is 1.86. The molecule has 0 fully saturated rings. The van der Waals surface area contributed by atoms with Crippen LogP contribution in [0.4, 0.5) is 11.4 Å². The molecule has 0 saturated carbocycles. The summed E-state index contributed by atoms with van der Waals surface area (Å²) >= 11 is 5.70. The van der Waals surface area contributed by atoms with Crippen LogP contribution < -0.4 is 11.5 Å². The highest BCUT2D eigenvalue weighted by Crippen LogP contribution is 2.25. The van der Waals surface area contributed by atoms with Crippen molar-refractivity contribution in [2.24, 2.45) is 0 Å². The minimum atomic E-state index is 0.257. The maximum Gasteiger partial charge on any atom is 0.0670 e. The van der Waals surface area contributed by atoms with Crippen molar-refractivity contribution in [2.45, 2.75) is 6.42 Å². The molecule has 12 heavy (non-hydrogen) atoms. The molecule has 3 nitrogen and oxygen atoms in total. The Balaban J connectivity index is 3.16. The molecule has 0 saturated heterocycles. The number of benzene rings is 1. The summed E-state index contributed by atoms with van der Waals surface area (Å²) in [7, 11) is 0. The Hall–Kier alpha value is -1.40. The van der Waals surface area contributed by atoms with E-state index in [9.17, 15) is 0 Å². The molecule has 62 valence electrons.